The molecule has 1 aliphatic heterocycles. The van der Waals surface area contributed by atoms with E-state index >= 15 is 0 Å². The fourth-order valence-electron chi connectivity index (χ4n) is 1.17. The highest BCUT2D eigenvalue weighted by Gasteiger charge is 2.12. The van der Waals surface area contributed by atoms with Crippen LogP contribution < -0.4 is 0 Å². The van der Waals surface area contributed by atoms with Crippen LogP contribution in [0, 0.1) is 0 Å². The maximum absolute atomic E-state index is 11.0. The minimum Gasteiger partial charge on any atom is -0.273 e. The normalized spacial score (nSPS) is 16.9. The van der Waals surface area contributed by atoms with Gasteiger partial charge in [0.25, 0.3) is 0 Å². The van der Waals surface area contributed by atoms with Gasteiger partial charge in [0.1, 0.15) is 5.04 Å². The number of nitrogens with zero attached hydrogens (tertiary/aromatic N) is 1. The van der Waals surface area contributed by atoms with Gasteiger partial charge in [-0.15, -0.1) is 11.8 Å². The lowest BCUT2D eigenvalue weighted by Crippen LogP contribution is -2.09. The van der Waals surface area contributed by atoms with E-state index in [0.717, 1.165) is 16.4 Å². The molecule has 0 saturated heterocycles. The third-order valence-electron chi connectivity index (χ3n) is 1.80. The van der Waals surface area contributed by atoms with Crippen molar-refractivity contribution < 1.29 is 4.79 Å². The number of carbonyl (C=O) groups is 1. The van der Waals surface area contributed by atoms with E-state index in [1.165, 1.54) is 0 Å². The van der Waals surface area contributed by atoms with Crippen molar-refractivity contribution in [3.63, 3.8) is 0 Å². The van der Waals surface area contributed by atoms with Gasteiger partial charge in [0, 0.05) is 17.7 Å². The molecular weight excluding hydrogens is 182 g/mol. The summed E-state index contributed by atoms with van der Waals surface area (Å²) < 4.78 is 0. The van der Waals surface area contributed by atoms with Crippen molar-refractivity contribution in [1.29, 1.82) is 0 Å². The number of amides is 1. The quantitative estimate of drug-likeness (QED) is 0.680. The van der Waals surface area contributed by atoms with E-state index in [1.807, 2.05) is 30.3 Å². The second-order valence-corrected chi connectivity index (χ2v) is 3.86. The van der Waals surface area contributed by atoms with Crippen LogP contribution in [0.2, 0.25) is 0 Å². The van der Waals surface area contributed by atoms with Gasteiger partial charge in [0.15, 0.2) is 0 Å². The van der Waals surface area contributed by atoms with Crippen molar-refractivity contribution in [2.75, 3.05) is 5.75 Å². The summed E-state index contributed by atoms with van der Waals surface area (Å²) in [5.41, 5.74) is 1.04. The molecule has 1 aromatic carbocycles. The molecule has 0 spiro atoms. The van der Waals surface area contributed by atoms with E-state index in [-0.39, 0.29) is 5.91 Å². The summed E-state index contributed by atoms with van der Waals surface area (Å²) in [5.74, 6) is 0.852. The molecule has 1 aliphatic rings. The minimum atomic E-state index is -0.00222. The smallest absolute Gasteiger partial charge is 0.247 e. The number of hydrogen-bond donors (Lipinski definition) is 0. The molecule has 0 radical (unpaired) electrons. The van der Waals surface area contributed by atoms with Crippen LogP contribution >= 0.6 is 11.8 Å². The molecular formula is C10H9NOS. The fraction of sp³-hybridized carbons (Fsp3) is 0.200. The number of rotatable bonds is 1. The van der Waals surface area contributed by atoms with Crippen molar-refractivity contribution >= 4 is 22.7 Å². The van der Waals surface area contributed by atoms with E-state index in [9.17, 15) is 4.79 Å². The zero-order chi connectivity index (χ0) is 9.10. The van der Waals surface area contributed by atoms with Gasteiger partial charge in [-0.3, -0.25) is 4.79 Å². The van der Waals surface area contributed by atoms with E-state index in [0.29, 0.717) is 6.42 Å². The molecule has 2 nitrogen and oxygen atoms in total. The van der Waals surface area contributed by atoms with Crippen LogP contribution in [0.3, 0.4) is 0 Å². The molecule has 0 aliphatic carbocycles. The number of thioether (sulfide) groups is 1. The standard InChI is InChI=1S/C10H9NOS/c12-9-6-7-13-10(11-9)8-4-2-1-3-5-8/h1-5H,6-7H2. The first-order chi connectivity index (χ1) is 6.36. The summed E-state index contributed by atoms with van der Waals surface area (Å²) in [7, 11) is 0. The summed E-state index contributed by atoms with van der Waals surface area (Å²) in [6.45, 7) is 0. The van der Waals surface area contributed by atoms with Gasteiger partial charge in [-0.25, -0.2) is 4.99 Å². The van der Waals surface area contributed by atoms with Gasteiger partial charge in [-0.1, -0.05) is 30.3 Å². The van der Waals surface area contributed by atoms with Crippen LogP contribution in [-0.2, 0) is 4.79 Å². The van der Waals surface area contributed by atoms with Crippen molar-refractivity contribution in [2.45, 2.75) is 6.42 Å². The summed E-state index contributed by atoms with van der Waals surface area (Å²) in [5, 5.41) is 0.858. The third-order valence-corrected chi connectivity index (χ3v) is 2.81. The van der Waals surface area contributed by atoms with E-state index < -0.39 is 0 Å². The molecule has 0 atom stereocenters. The molecule has 3 heteroatoms. The Balaban J connectivity index is 2.31. The molecule has 1 heterocycles. The SMILES string of the molecule is O=C1CCSC(c2ccccc2)=N1. The van der Waals surface area contributed by atoms with Crippen molar-refractivity contribution in [2.24, 2.45) is 4.99 Å². The number of aliphatic imine (C=N–C) groups is 1. The number of carbonyl (C=O) groups excluding carboxylic acids is 1. The highest BCUT2D eigenvalue weighted by atomic mass is 32.2. The molecule has 2 rings (SSSR count). The monoisotopic (exact) mass is 191 g/mol. The van der Waals surface area contributed by atoms with Gasteiger partial charge in [0.05, 0.1) is 0 Å². The van der Waals surface area contributed by atoms with Crippen molar-refractivity contribution in [3.8, 4) is 0 Å². The summed E-state index contributed by atoms with van der Waals surface area (Å²) in [6.07, 6.45) is 0.570. The minimum absolute atomic E-state index is 0.00222. The zero-order valence-corrected chi connectivity index (χ0v) is 7.88. The Morgan fingerprint density at radius 2 is 2.00 bits per heavy atom. The first kappa shape index (κ1) is 8.51. The Bertz CT molecular complexity index is 345. The van der Waals surface area contributed by atoms with Crippen molar-refractivity contribution in [3.05, 3.63) is 35.9 Å². The van der Waals surface area contributed by atoms with Crippen molar-refractivity contribution in [1.82, 2.24) is 0 Å². The maximum atomic E-state index is 11.0. The second kappa shape index (κ2) is 3.75. The van der Waals surface area contributed by atoms with Gasteiger partial charge in [-0.05, 0) is 0 Å². The molecule has 66 valence electrons. The lowest BCUT2D eigenvalue weighted by Gasteiger charge is -2.09. The zero-order valence-electron chi connectivity index (χ0n) is 7.06. The molecule has 0 saturated carbocycles. The topological polar surface area (TPSA) is 29.4 Å². The summed E-state index contributed by atoms with van der Waals surface area (Å²) in [6, 6.07) is 9.82. The first-order valence-electron chi connectivity index (χ1n) is 4.16. The average Bonchev–Trinajstić information content (AvgIpc) is 2.19. The Hall–Kier alpha value is -1.09. The van der Waals surface area contributed by atoms with E-state index in [4.69, 9.17) is 0 Å². The molecule has 13 heavy (non-hydrogen) atoms. The largest absolute Gasteiger partial charge is 0.273 e. The van der Waals surface area contributed by atoms with Crippen LogP contribution in [0.25, 0.3) is 0 Å². The van der Waals surface area contributed by atoms with Crippen LogP contribution in [0.1, 0.15) is 12.0 Å². The van der Waals surface area contributed by atoms with Crippen LogP contribution in [0.5, 0.6) is 0 Å². The van der Waals surface area contributed by atoms with Gasteiger partial charge < -0.3 is 0 Å². The number of benzene rings is 1. The Kier molecular flexibility index (Phi) is 2.45. The Morgan fingerprint density at radius 1 is 1.23 bits per heavy atom. The Labute approximate surface area is 81.1 Å². The van der Waals surface area contributed by atoms with E-state index in [2.05, 4.69) is 4.99 Å². The molecule has 1 amide bonds. The van der Waals surface area contributed by atoms with Crippen LogP contribution in [0.15, 0.2) is 35.3 Å². The molecule has 1 aromatic rings. The highest BCUT2D eigenvalue weighted by molar-refractivity contribution is 8.14. The molecule has 0 fully saturated rings. The highest BCUT2D eigenvalue weighted by Crippen LogP contribution is 2.19. The summed E-state index contributed by atoms with van der Waals surface area (Å²) >= 11 is 1.65. The van der Waals surface area contributed by atoms with Crippen LogP contribution in [0.4, 0.5) is 0 Å². The average molecular weight is 191 g/mol. The molecule has 0 bridgehead atoms. The van der Waals surface area contributed by atoms with Gasteiger partial charge in [-0.2, -0.15) is 0 Å². The summed E-state index contributed by atoms with van der Waals surface area (Å²) in [4.78, 5) is 15.0. The number of hydrogen-bond acceptors (Lipinski definition) is 2. The predicted octanol–water partition coefficient (Wildman–Crippen LogP) is 2.10. The lowest BCUT2D eigenvalue weighted by molar-refractivity contribution is -0.117. The van der Waals surface area contributed by atoms with Gasteiger partial charge in [0.2, 0.25) is 5.91 Å². The molecule has 0 N–H and O–H groups in total. The lowest BCUT2D eigenvalue weighted by atomic mass is 10.2. The van der Waals surface area contributed by atoms with Gasteiger partial charge >= 0.3 is 0 Å². The molecule has 0 aromatic heterocycles. The maximum Gasteiger partial charge on any atom is 0.247 e. The second-order valence-electron chi connectivity index (χ2n) is 2.78. The first-order valence-corrected chi connectivity index (χ1v) is 5.14. The Morgan fingerprint density at radius 3 is 2.69 bits per heavy atom. The molecule has 0 unspecified atom stereocenters. The third kappa shape index (κ3) is 1.98. The predicted molar refractivity (Wildman–Crippen MR) is 55.1 cm³/mol. The van der Waals surface area contributed by atoms with Crippen LogP contribution in [-0.4, -0.2) is 16.7 Å². The fourth-order valence-corrected chi connectivity index (χ4v) is 2.10. The van der Waals surface area contributed by atoms with E-state index in [1.54, 1.807) is 11.8 Å².